The minimum Gasteiger partial charge on any atom is -0.227 e. The Kier molecular flexibility index (Phi) is 2.27. The van der Waals surface area contributed by atoms with Crippen LogP contribution in [0, 0.1) is 5.92 Å². The highest BCUT2D eigenvalue weighted by Gasteiger charge is 2.07. The zero-order chi connectivity index (χ0) is 7.56. The van der Waals surface area contributed by atoms with Crippen LogP contribution in [0.5, 0.6) is 0 Å². The standard InChI is InChI=1S/C7H10O2S/c1-6-3-2-4-7(5-6)10(8)9/h2-4,6,10H,5H2,1H3. The van der Waals surface area contributed by atoms with Crippen LogP contribution in [0.4, 0.5) is 0 Å². The number of rotatable bonds is 1. The maximum absolute atomic E-state index is 10.4. The molecule has 0 N–H and O–H groups in total. The van der Waals surface area contributed by atoms with Gasteiger partial charge < -0.3 is 0 Å². The Morgan fingerprint density at radius 1 is 1.60 bits per heavy atom. The van der Waals surface area contributed by atoms with Gasteiger partial charge in [-0.3, -0.25) is 0 Å². The van der Waals surface area contributed by atoms with Gasteiger partial charge in [-0.1, -0.05) is 19.1 Å². The average Bonchev–Trinajstić information content (AvgIpc) is 1.88. The quantitative estimate of drug-likeness (QED) is 0.579. The lowest BCUT2D eigenvalue weighted by Crippen LogP contribution is -1.98. The predicted octanol–water partition coefficient (Wildman–Crippen LogP) is 1.08. The van der Waals surface area contributed by atoms with Crippen LogP contribution in [0.3, 0.4) is 0 Å². The van der Waals surface area contributed by atoms with Crippen molar-refractivity contribution in [1.29, 1.82) is 0 Å². The maximum Gasteiger partial charge on any atom is 0.164 e. The lowest BCUT2D eigenvalue weighted by molar-refractivity contribution is 0.613. The lowest BCUT2D eigenvalue weighted by Gasteiger charge is -2.08. The van der Waals surface area contributed by atoms with Crippen LogP contribution >= 0.6 is 0 Å². The van der Waals surface area contributed by atoms with E-state index >= 15 is 0 Å². The van der Waals surface area contributed by atoms with Crippen LogP contribution in [0.15, 0.2) is 23.1 Å². The molecule has 0 spiro atoms. The first kappa shape index (κ1) is 7.54. The Balaban J connectivity index is 2.80. The number of allylic oxidation sites excluding steroid dienone is 4. The summed E-state index contributed by atoms with van der Waals surface area (Å²) in [6.07, 6.45) is 6.12. The third-order valence-corrected chi connectivity index (χ3v) is 2.29. The van der Waals surface area contributed by atoms with Gasteiger partial charge in [0.15, 0.2) is 10.7 Å². The molecule has 0 fully saturated rings. The molecule has 0 radical (unpaired) electrons. The molecule has 1 unspecified atom stereocenters. The van der Waals surface area contributed by atoms with Gasteiger partial charge in [-0.2, -0.15) is 0 Å². The molecule has 1 rings (SSSR count). The van der Waals surface area contributed by atoms with Crippen molar-refractivity contribution >= 4 is 10.7 Å². The van der Waals surface area contributed by atoms with Gasteiger partial charge in [-0.25, -0.2) is 8.42 Å². The normalized spacial score (nSPS) is 25.0. The van der Waals surface area contributed by atoms with E-state index in [2.05, 4.69) is 0 Å². The van der Waals surface area contributed by atoms with Gasteiger partial charge in [0.25, 0.3) is 0 Å². The second kappa shape index (κ2) is 3.01. The molecule has 0 aromatic rings. The van der Waals surface area contributed by atoms with Gasteiger partial charge in [0, 0.05) is 4.91 Å². The summed E-state index contributed by atoms with van der Waals surface area (Å²) in [6, 6.07) is 0. The molecule has 0 saturated heterocycles. The van der Waals surface area contributed by atoms with Gasteiger partial charge >= 0.3 is 0 Å². The molecule has 1 aliphatic rings. The Labute approximate surface area is 62.2 Å². The molecule has 0 bridgehead atoms. The largest absolute Gasteiger partial charge is 0.227 e. The summed E-state index contributed by atoms with van der Waals surface area (Å²) in [5.41, 5.74) is 0. The fourth-order valence-electron chi connectivity index (χ4n) is 0.958. The van der Waals surface area contributed by atoms with Crippen LogP contribution in [0.1, 0.15) is 13.3 Å². The molecule has 2 nitrogen and oxygen atoms in total. The van der Waals surface area contributed by atoms with Crippen molar-refractivity contribution < 1.29 is 8.42 Å². The lowest BCUT2D eigenvalue weighted by atomic mass is 10.0. The van der Waals surface area contributed by atoms with Crippen LogP contribution in [-0.2, 0) is 10.7 Å². The molecule has 10 heavy (non-hydrogen) atoms. The van der Waals surface area contributed by atoms with E-state index in [1.165, 1.54) is 0 Å². The predicted molar refractivity (Wildman–Crippen MR) is 41.3 cm³/mol. The fourth-order valence-corrected chi connectivity index (χ4v) is 1.60. The molecule has 56 valence electrons. The minimum atomic E-state index is -2.34. The number of hydrogen-bond acceptors (Lipinski definition) is 2. The molecule has 1 aliphatic carbocycles. The summed E-state index contributed by atoms with van der Waals surface area (Å²) in [5.74, 6) is 0.368. The summed E-state index contributed by atoms with van der Waals surface area (Å²) in [4.78, 5) is 0.546. The first-order chi connectivity index (χ1) is 4.70. The minimum absolute atomic E-state index is 0.368. The van der Waals surface area contributed by atoms with Crippen molar-refractivity contribution in [2.75, 3.05) is 0 Å². The highest BCUT2D eigenvalue weighted by molar-refractivity contribution is 7.76. The Bertz CT molecular complexity index is 240. The molecule has 0 heterocycles. The molecular formula is C7H10O2S. The van der Waals surface area contributed by atoms with E-state index in [-0.39, 0.29) is 0 Å². The highest BCUT2D eigenvalue weighted by atomic mass is 32.2. The summed E-state index contributed by atoms with van der Waals surface area (Å²) >= 11 is 0. The van der Waals surface area contributed by atoms with Crippen molar-refractivity contribution in [3.05, 3.63) is 23.1 Å². The third kappa shape index (κ3) is 1.70. The fraction of sp³-hybridized carbons (Fsp3) is 0.429. The van der Waals surface area contributed by atoms with E-state index in [1.807, 2.05) is 13.0 Å². The zero-order valence-corrected chi connectivity index (χ0v) is 6.67. The van der Waals surface area contributed by atoms with E-state index in [1.54, 1.807) is 12.2 Å². The topological polar surface area (TPSA) is 34.1 Å². The zero-order valence-electron chi connectivity index (χ0n) is 5.78. The molecule has 3 heteroatoms. The Morgan fingerprint density at radius 3 is 2.70 bits per heavy atom. The van der Waals surface area contributed by atoms with Crippen molar-refractivity contribution in [2.24, 2.45) is 5.92 Å². The maximum atomic E-state index is 10.4. The van der Waals surface area contributed by atoms with Gasteiger partial charge in [0.05, 0.1) is 0 Å². The van der Waals surface area contributed by atoms with Gasteiger partial charge in [0.1, 0.15) is 0 Å². The van der Waals surface area contributed by atoms with E-state index in [9.17, 15) is 8.42 Å². The molecule has 0 aliphatic heterocycles. The van der Waals surface area contributed by atoms with E-state index < -0.39 is 10.7 Å². The first-order valence-corrected chi connectivity index (χ1v) is 4.39. The highest BCUT2D eigenvalue weighted by Crippen LogP contribution is 2.17. The Hall–Kier alpha value is -0.570. The number of thiol groups is 1. The van der Waals surface area contributed by atoms with Crippen molar-refractivity contribution in [3.8, 4) is 0 Å². The summed E-state index contributed by atoms with van der Waals surface area (Å²) in [6.45, 7) is 2.00. The summed E-state index contributed by atoms with van der Waals surface area (Å²) < 4.78 is 20.9. The third-order valence-electron chi connectivity index (χ3n) is 1.49. The molecule has 0 aromatic carbocycles. The van der Waals surface area contributed by atoms with Crippen LogP contribution in [-0.4, -0.2) is 8.42 Å². The molecular weight excluding hydrogens is 148 g/mol. The smallest absolute Gasteiger partial charge is 0.164 e. The molecule has 0 saturated carbocycles. The van der Waals surface area contributed by atoms with Crippen molar-refractivity contribution in [1.82, 2.24) is 0 Å². The van der Waals surface area contributed by atoms with E-state index in [4.69, 9.17) is 0 Å². The monoisotopic (exact) mass is 158 g/mol. The second-order valence-corrected chi connectivity index (χ2v) is 3.57. The second-order valence-electron chi connectivity index (χ2n) is 2.48. The number of hydrogen-bond donors (Lipinski definition) is 1. The Morgan fingerprint density at radius 2 is 2.30 bits per heavy atom. The summed E-state index contributed by atoms with van der Waals surface area (Å²) in [7, 11) is -2.34. The van der Waals surface area contributed by atoms with Gasteiger partial charge in [-0.05, 0) is 18.4 Å². The molecule has 1 atom stereocenters. The van der Waals surface area contributed by atoms with Crippen molar-refractivity contribution in [2.45, 2.75) is 13.3 Å². The van der Waals surface area contributed by atoms with Gasteiger partial charge in [-0.15, -0.1) is 0 Å². The molecule has 0 amide bonds. The van der Waals surface area contributed by atoms with Crippen LogP contribution in [0.25, 0.3) is 0 Å². The van der Waals surface area contributed by atoms with E-state index in [0.29, 0.717) is 17.2 Å². The molecule has 0 aromatic heterocycles. The van der Waals surface area contributed by atoms with E-state index in [0.717, 1.165) is 0 Å². The van der Waals surface area contributed by atoms with Crippen LogP contribution < -0.4 is 0 Å². The summed E-state index contributed by atoms with van der Waals surface area (Å²) in [5, 5.41) is 0. The van der Waals surface area contributed by atoms with Crippen molar-refractivity contribution in [3.63, 3.8) is 0 Å². The van der Waals surface area contributed by atoms with Gasteiger partial charge in [0.2, 0.25) is 0 Å². The average molecular weight is 158 g/mol. The van der Waals surface area contributed by atoms with Crippen LogP contribution in [0.2, 0.25) is 0 Å². The first-order valence-electron chi connectivity index (χ1n) is 3.22. The SMILES string of the molecule is CC1C=CC=C([SH](=O)=O)C1.